The van der Waals surface area contributed by atoms with Crippen molar-refractivity contribution in [1.82, 2.24) is 5.43 Å². The van der Waals surface area contributed by atoms with Crippen molar-refractivity contribution < 1.29 is 4.79 Å². The maximum absolute atomic E-state index is 11.2. The topological polar surface area (TPSA) is 41.5 Å². The van der Waals surface area contributed by atoms with E-state index in [1.807, 2.05) is 32.1 Å². The molecule has 0 saturated carbocycles. The summed E-state index contributed by atoms with van der Waals surface area (Å²) >= 11 is 0. The van der Waals surface area contributed by atoms with Crippen molar-refractivity contribution in [2.45, 2.75) is 20.3 Å². The highest BCUT2D eigenvalue weighted by atomic mass is 16.2. The first-order valence-electron chi connectivity index (χ1n) is 5.80. The predicted octanol–water partition coefficient (Wildman–Crippen LogP) is 2.58. The van der Waals surface area contributed by atoms with Gasteiger partial charge in [0.05, 0.1) is 5.71 Å². The fourth-order valence-electron chi connectivity index (χ4n) is 1.96. The molecule has 0 bridgehead atoms. The van der Waals surface area contributed by atoms with Gasteiger partial charge in [0.2, 0.25) is 5.91 Å². The zero-order valence-electron chi connectivity index (χ0n) is 10.1. The normalized spacial score (nSPS) is 20.2. The van der Waals surface area contributed by atoms with Crippen molar-refractivity contribution in [2.24, 2.45) is 11.0 Å². The second kappa shape index (κ2) is 4.95. The van der Waals surface area contributed by atoms with E-state index in [1.54, 1.807) is 0 Å². The standard InChI is InChI=1S/C14H16N2O/c1-3-4-11-5-7-12(8-6-11)14-10(2)9-13(17)15-16-14/h3-8,10H,9H2,1-2H3,(H,15,17)/b4-3+. The summed E-state index contributed by atoms with van der Waals surface area (Å²) in [6.45, 7) is 4.02. The Morgan fingerprint density at radius 3 is 2.65 bits per heavy atom. The lowest BCUT2D eigenvalue weighted by molar-refractivity contribution is -0.121. The molecule has 1 amide bonds. The fourth-order valence-corrected chi connectivity index (χ4v) is 1.96. The third kappa shape index (κ3) is 2.61. The second-order valence-electron chi connectivity index (χ2n) is 4.26. The number of benzene rings is 1. The average Bonchev–Trinajstić information content (AvgIpc) is 2.31. The molecule has 1 atom stereocenters. The van der Waals surface area contributed by atoms with Gasteiger partial charge in [-0.15, -0.1) is 0 Å². The minimum Gasteiger partial charge on any atom is -0.273 e. The van der Waals surface area contributed by atoms with Gasteiger partial charge in [-0.1, -0.05) is 43.3 Å². The summed E-state index contributed by atoms with van der Waals surface area (Å²) in [5.74, 6) is 0.170. The number of nitrogens with zero attached hydrogens (tertiary/aromatic N) is 1. The molecule has 3 nitrogen and oxygen atoms in total. The molecule has 0 saturated heterocycles. The summed E-state index contributed by atoms with van der Waals surface area (Å²) in [6.07, 6.45) is 4.57. The molecule has 1 N–H and O–H groups in total. The van der Waals surface area contributed by atoms with Crippen LogP contribution in [0.3, 0.4) is 0 Å². The van der Waals surface area contributed by atoms with Gasteiger partial charge in [0.1, 0.15) is 0 Å². The molecule has 1 heterocycles. The monoisotopic (exact) mass is 228 g/mol. The van der Waals surface area contributed by atoms with E-state index >= 15 is 0 Å². The molecule has 0 aromatic heterocycles. The van der Waals surface area contributed by atoms with E-state index in [1.165, 1.54) is 5.56 Å². The lowest BCUT2D eigenvalue weighted by Crippen LogP contribution is -2.31. The zero-order chi connectivity index (χ0) is 12.3. The summed E-state index contributed by atoms with van der Waals surface area (Å²) in [7, 11) is 0. The summed E-state index contributed by atoms with van der Waals surface area (Å²) < 4.78 is 0. The number of nitrogens with one attached hydrogen (secondary N) is 1. The number of rotatable bonds is 2. The molecule has 1 aliphatic rings. The van der Waals surface area contributed by atoms with Crippen molar-refractivity contribution in [3.05, 3.63) is 41.5 Å². The largest absolute Gasteiger partial charge is 0.273 e. The van der Waals surface area contributed by atoms with E-state index in [-0.39, 0.29) is 11.8 Å². The molecule has 0 aliphatic carbocycles. The maximum Gasteiger partial charge on any atom is 0.240 e. The molecule has 2 rings (SSSR count). The Hall–Kier alpha value is -1.90. The molecule has 1 aliphatic heterocycles. The smallest absolute Gasteiger partial charge is 0.240 e. The van der Waals surface area contributed by atoms with Crippen LogP contribution in [0.5, 0.6) is 0 Å². The lowest BCUT2D eigenvalue weighted by Gasteiger charge is -2.19. The third-order valence-corrected chi connectivity index (χ3v) is 2.82. The van der Waals surface area contributed by atoms with Crippen molar-refractivity contribution >= 4 is 17.7 Å². The highest BCUT2D eigenvalue weighted by molar-refractivity contribution is 6.05. The van der Waals surface area contributed by atoms with Gasteiger partial charge in [0, 0.05) is 12.3 Å². The molecule has 1 aromatic rings. The van der Waals surface area contributed by atoms with E-state index in [4.69, 9.17) is 0 Å². The van der Waals surface area contributed by atoms with Crippen LogP contribution in [0.25, 0.3) is 6.08 Å². The Labute approximate surface area is 101 Å². The molecule has 0 radical (unpaired) electrons. The number of carbonyl (C=O) groups is 1. The van der Waals surface area contributed by atoms with Crippen LogP contribution in [0.15, 0.2) is 35.4 Å². The van der Waals surface area contributed by atoms with E-state index in [0.717, 1.165) is 11.3 Å². The minimum absolute atomic E-state index is 0.00761. The molecule has 3 heteroatoms. The van der Waals surface area contributed by atoms with Crippen molar-refractivity contribution in [1.29, 1.82) is 0 Å². The van der Waals surface area contributed by atoms with Gasteiger partial charge in [-0.25, -0.2) is 5.43 Å². The van der Waals surface area contributed by atoms with Crippen LogP contribution in [-0.4, -0.2) is 11.6 Å². The highest BCUT2D eigenvalue weighted by Crippen LogP contribution is 2.17. The first kappa shape index (κ1) is 11.6. The van der Waals surface area contributed by atoms with Gasteiger partial charge in [-0.05, 0) is 18.1 Å². The maximum atomic E-state index is 11.2. The van der Waals surface area contributed by atoms with Gasteiger partial charge in [-0.2, -0.15) is 5.10 Å². The predicted molar refractivity (Wildman–Crippen MR) is 69.6 cm³/mol. The van der Waals surface area contributed by atoms with Crippen molar-refractivity contribution in [3.63, 3.8) is 0 Å². The van der Waals surface area contributed by atoms with Gasteiger partial charge in [-0.3, -0.25) is 4.79 Å². The fraction of sp³-hybridized carbons (Fsp3) is 0.286. The molecule has 1 aromatic carbocycles. The quantitative estimate of drug-likeness (QED) is 0.830. The first-order chi connectivity index (χ1) is 8.20. The molecule has 0 fully saturated rings. The van der Waals surface area contributed by atoms with Crippen LogP contribution in [0.1, 0.15) is 31.4 Å². The average molecular weight is 228 g/mol. The number of hydrogen-bond donors (Lipinski definition) is 1. The van der Waals surface area contributed by atoms with E-state index in [2.05, 4.69) is 28.7 Å². The van der Waals surface area contributed by atoms with Crippen LogP contribution in [0.2, 0.25) is 0 Å². The Morgan fingerprint density at radius 2 is 2.06 bits per heavy atom. The number of hydrogen-bond acceptors (Lipinski definition) is 2. The van der Waals surface area contributed by atoms with Crippen LogP contribution < -0.4 is 5.43 Å². The Morgan fingerprint density at radius 1 is 1.35 bits per heavy atom. The Balaban J connectivity index is 2.25. The molecule has 1 unspecified atom stereocenters. The minimum atomic E-state index is -0.00761. The van der Waals surface area contributed by atoms with Crippen LogP contribution in [0.4, 0.5) is 0 Å². The zero-order valence-corrected chi connectivity index (χ0v) is 10.1. The van der Waals surface area contributed by atoms with Crippen molar-refractivity contribution in [2.75, 3.05) is 0 Å². The van der Waals surface area contributed by atoms with E-state index < -0.39 is 0 Å². The summed E-state index contributed by atoms with van der Waals surface area (Å²) in [5, 5.41) is 4.14. The Kier molecular flexibility index (Phi) is 3.38. The molecular weight excluding hydrogens is 212 g/mol. The Bertz CT molecular complexity index is 472. The summed E-state index contributed by atoms with van der Waals surface area (Å²) in [6, 6.07) is 8.20. The molecular formula is C14H16N2O. The molecule has 0 spiro atoms. The van der Waals surface area contributed by atoms with Crippen LogP contribution in [0, 0.1) is 5.92 Å². The molecule has 88 valence electrons. The summed E-state index contributed by atoms with van der Waals surface area (Å²) in [4.78, 5) is 11.2. The van der Waals surface area contributed by atoms with Crippen LogP contribution >= 0.6 is 0 Å². The van der Waals surface area contributed by atoms with Gasteiger partial charge in [0.15, 0.2) is 0 Å². The van der Waals surface area contributed by atoms with Gasteiger partial charge >= 0.3 is 0 Å². The van der Waals surface area contributed by atoms with Gasteiger partial charge in [0.25, 0.3) is 0 Å². The number of amides is 1. The van der Waals surface area contributed by atoms with Crippen molar-refractivity contribution in [3.8, 4) is 0 Å². The second-order valence-corrected chi connectivity index (χ2v) is 4.26. The SMILES string of the molecule is C/C=C/c1ccc(C2=NNC(=O)CC2C)cc1. The highest BCUT2D eigenvalue weighted by Gasteiger charge is 2.21. The lowest BCUT2D eigenvalue weighted by atomic mass is 9.93. The summed E-state index contributed by atoms with van der Waals surface area (Å²) in [5.41, 5.74) is 5.74. The van der Waals surface area contributed by atoms with E-state index in [9.17, 15) is 4.79 Å². The van der Waals surface area contributed by atoms with E-state index in [0.29, 0.717) is 6.42 Å². The third-order valence-electron chi connectivity index (χ3n) is 2.82. The number of hydrazone groups is 1. The number of allylic oxidation sites excluding steroid dienone is 1. The number of carbonyl (C=O) groups excluding carboxylic acids is 1. The first-order valence-corrected chi connectivity index (χ1v) is 5.80. The van der Waals surface area contributed by atoms with Gasteiger partial charge < -0.3 is 0 Å². The van der Waals surface area contributed by atoms with Crippen LogP contribution in [-0.2, 0) is 4.79 Å². The molecule has 17 heavy (non-hydrogen) atoms.